The number of benzene rings is 1. The van der Waals surface area contributed by atoms with E-state index in [0.717, 1.165) is 13.1 Å². The third-order valence-electron chi connectivity index (χ3n) is 6.81. The molecule has 0 radical (unpaired) electrons. The summed E-state index contributed by atoms with van der Waals surface area (Å²) in [6.45, 7) is 11.0. The van der Waals surface area contributed by atoms with Gasteiger partial charge in [0, 0.05) is 45.0 Å². The number of anilines is 1. The van der Waals surface area contributed by atoms with E-state index in [0.29, 0.717) is 43.9 Å². The molecule has 32 heavy (non-hydrogen) atoms. The van der Waals surface area contributed by atoms with Crippen molar-refractivity contribution in [2.24, 2.45) is 5.92 Å². The standard InChI is InChI=1S/C23H32N4O4S/c1-16-7-5-9-21(17(16)2)25-11-13-26(14-12-25)23(28)20-8-6-10-27(15-20)32(29,30)22-18(3)24-31-19(22)4/h5,7,9,20H,6,8,10-15H2,1-4H3/t20-/m0/s1. The molecule has 2 aliphatic rings. The van der Waals surface area contributed by atoms with Crippen LogP contribution in [0.15, 0.2) is 27.6 Å². The Morgan fingerprint density at radius 3 is 2.44 bits per heavy atom. The van der Waals surface area contributed by atoms with Crippen molar-refractivity contribution >= 4 is 21.6 Å². The van der Waals surface area contributed by atoms with Gasteiger partial charge in [-0.3, -0.25) is 4.79 Å². The highest BCUT2D eigenvalue weighted by atomic mass is 32.2. The van der Waals surface area contributed by atoms with Crippen LogP contribution in [0, 0.1) is 33.6 Å². The number of hydrogen-bond donors (Lipinski definition) is 0. The topological polar surface area (TPSA) is 87.0 Å². The minimum atomic E-state index is -3.73. The summed E-state index contributed by atoms with van der Waals surface area (Å²) in [4.78, 5) is 17.6. The summed E-state index contributed by atoms with van der Waals surface area (Å²) < 4.78 is 32.9. The fraction of sp³-hybridized carbons (Fsp3) is 0.565. The average molecular weight is 461 g/mol. The molecule has 2 aliphatic heterocycles. The van der Waals surface area contributed by atoms with Gasteiger partial charge in [0.15, 0.2) is 5.76 Å². The Kier molecular flexibility index (Phi) is 6.31. The lowest BCUT2D eigenvalue weighted by Crippen LogP contribution is -2.53. The Morgan fingerprint density at radius 2 is 1.78 bits per heavy atom. The fourth-order valence-electron chi connectivity index (χ4n) is 4.84. The van der Waals surface area contributed by atoms with Gasteiger partial charge in [0.2, 0.25) is 15.9 Å². The summed E-state index contributed by atoms with van der Waals surface area (Å²) in [7, 11) is -3.73. The summed E-state index contributed by atoms with van der Waals surface area (Å²) in [5.41, 5.74) is 4.13. The summed E-state index contributed by atoms with van der Waals surface area (Å²) >= 11 is 0. The highest BCUT2D eigenvalue weighted by Gasteiger charge is 2.38. The number of aryl methyl sites for hydroxylation is 3. The van der Waals surface area contributed by atoms with Gasteiger partial charge in [-0.2, -0.15) is 4.31 Å². The van der Waals surface area contributed by atoms with Crippen molar-refractivity contribution in [1.29, 1.82) is 0 Å². The van der Waals surface area contributed by atoms with Crippen LogP contribution in [0.3, 0.4) is 0 Å². The second-order valence-electron chi connectivity index (χ2n) is 8.89. The molecule has 2 fully saturated rings. The van der Waals surface area contributed by atoms with Gasteiger partial charge in [-0.05, 0) is 57.7 Å². The first-order chi connectivity index (χ1) is 15.2. The minimum Gasteiger partial charge on any atom is -0.368 e. The zero-order chi connectivity index (χ0) is 23.0. The van der Waals surface area contributed by atoms with Crippen LogP contribution in [0.1, 0.15) is 35.4 Å². The van der Waals surface area contributed by atoms with Gasteiger partial charge in [-0.15, -0.1) is 0 Å². The SMILES string of the molecule is Cc1cccc(N2CCN(C(=O)[C@H]3CCCN(S(=O)(=O)c4c(C)noc4C)C3)CC2)c1C. The maximum Gasteiger partial charge on any atom is 0.248 e. The lowest BCUT2D eigenvalue weighted by molar-refractivity contribution is -0.137. The van der Waals surface area contributed by atoms with Crippen molar-refractivity contribution in [1.82, 2.24) is 14.4 Å². The monoisotopic (exact) mass is 460 g/mol. The first kappa shape index (κ1) is 22.8. The maximum atomic E-state index is 13.3. The Hall–Kier alpha value is -2.39. The molecule has 1 atom stereocenters. The zero-order valence-corrected chi connectivity index (χ0v) is 20.1. The van der Waals surface area contributed by atoms with Crippen molar-refractivity contribution in [3.05, 3.63) is 40.8 Å². The van der Waals surface area contributed by atoms with Gasteiger partial charge in [-0.25, -0.2) is 8.42 Å². The Balaban J connectivity index is 1.41. The number of aromatic nitrogens is 1. The van der Waals surface area contributed by atoms with Crippen LogP contribution in [-0.2, 0) is 14.8 Å². The molecule has 0 aliphatic carbocycles. The molecule has 1 amide bonds. The smallest absolute Gasteiger partial charge is 0.248 e. The van der Waals surface area contributed by atoms with Gasteiger partial charge < -0.3 is 14.3 Å². The quantitative estimate of drug-likeness (QED) is 0.697. The summed E-state index contributed by atoms with van der Waals surface area (Å²) in [5.74, 6) is 0.0362. The number of rotatable bonds is 4. The molecule has 0 bridgehead atoms. The van der Waals surface area contributed by atoms with Gasteiger partial charge in [0.05, 0.1) is 5.92 Å². The maximum absolute atomic E-state index is 13.3. The van der Waals surface area contributed by atoms with Crippen molar-refractivity contribution in [2.45, 2.75) is 45.4 Å². The van der Waals surface area contributed by atoms with Crippen molar-refractivity contribution in [3.63, 3.8) is 0 Å². The molecule has 1 aromatic carbocycles. The first-order valence-electron chi connectivity index (χ1n) is 11.2. The molecule has 1 aromatic heterocycles. The van der Waals surface area contributed by atoms with E-state index >= 15 is 0 Å². The summed E-state index contributed by atoms with van der Waals surface area (Å²) in [5, 5.41) is 3.79. The number of nitrogens with zero attached hydrogens (tertiary/aromatic N) is 4. The number of sulfonamides is 1. The van der Waals surface area contributed by atoms with Gasteiger partial charge >= 0.3 is 0 Å². The van der Waals surface area contributed by atoms with E-state index in [1.807, 2.05) is 4.90 Å². The predicted molar refractivity (Wildman–Crippen MR) is 122 cm³/mol. The van der Waals surface area contributed by atoms with Crippen LogP contribution in [0.25, 0.3) is 0 Å². The minimum absolute atomic E-state index is 0.0595. The van der Waals surface area contributed by atoms with Crippen LogP contribution < -0.4 is 4.90 Å². The van der Waals surface area contributed by atoms with Crippen LogP contribution in [-0.4, -0.2) is 68.0 Å². The Bertz CT molecular complexity index is 1080. The number of amides is 1. The average Bonchev–Trinajstić information content (AvgIpc) is 3.14. The van der Waals surface area contributed by atoms with E-state index in [4.69, 9.17) is 4.52 Å². The molecule has 2 saturated heterocycles. The largest absolute Gasteiger partial charge is 0.368 e. The molecule has 0 unspecified atom stereocenters. The predicted octanol–water partition coefficient (Wildman–Crippen LogP) is 2.66. The molecule has 0 spiro atoms. The van der Waals surface area contributed by atoms with Crippen LogP contribution >= 0.6 is 0 Å². The number of carbonyl (C=O) groups excluding carboxylic acids is 1. The van der Waals surface area contributed by atoms with Crippen molar-refractivity contribution in [3.8, 4) is 0 Å². The van der Waals surface area contributed by atoms with Crippen molar-refractivity contribution in [2.75, 3.05) is 44.2 Å². The number of carbonyl (C=O) groups is 1. The van der Waals surface area contributed by atoms with Crippen LogP contribution in [0.4, 0.5) is 5.69 Å². The molecule has 3 heterocycles. The van der Waals surface area contributed by atoms with E-state index in [-0.39, 0.29) is 23.3 Å². The van der Waals surface area contributed by atoms with E-state index in [1.165, 1.54) is 21.1 Å². The molecule has 4 rings (SSSR count). The molecule has 0 saturated carbocycles. The van der Waals surface area contributed by atoms with E-state index in [1.54, 1.807) is 13.8 Å². The second-order valence-corrected chi connectivity index (χ2v) is 10.8. The van der Waals surface area contributed by atoms with E-state index < -0.39 is 10.0 Å². The molecule has 174 valence electrons. The lowest BCUT2D eigenvalue weighted by atomic mass is 9.97. The normalized spacial score (nSPS) is 20.6. The second kappa shape index (κ2) is 8.86. The molecule has 2 aromatic rings. The first-order valence-corrected chi connectivity index (χ1v) is 12.7. The summed E-state index contributed by atoms with van der Waals surface area (Å²) in [6, 6.07) is 6.33. The number of hydrogen-bond acceptors (Lipinski definition) is 6. The van der Waals surface area contributed by atoms with E-state index in [2.05, 4.69) is 42.1 Å². The molecule has 0 N–H and O–H groups in total. The highest BCUT2D eigenvalue weighted by Crippen LogP contribution is 2.29. The molecule has 8 nitrogen and oxygen atoms in total. The number of piperidine rings is 1. The zero-order valence-electron chi connectivity index (χ0n) is 19.3. The fourth-order valence-corrected chi connectivity index (χ4v) is 6.65. The Labute approximate surface area is 190 Å². The molecular formula is C23H32N4O4S. The van der Waals surface area contributed by atoms with Gasteiger partial charge in [0.25, 0.3) is 0 Å². The van der Waals surface area contributed by atoms with Gasteiger partial charge in [-0.1, -0.05) is 17.3 Å². The third-order valence-corrected chi connectivity index (χ3v) is 8.92. The third kappa shape index (κ3) is 4.15. The number of piperazine rings is 1. The van der Waals surface area contributed by atoms with E-state index in [9.17, 15) is 13.2 Å². The highest BCUT2D eigenvalue weighted by molar-refractivity contribution is 7.89. The van der Waals surface area contributed by atoms with Gasteiger partial charge in [0.1, 0.15) is 10.6 Å². The molecular weight excluding hydrogens is 428 g/mol. The lowest BCUT2D eigenvalue weighted by Gasteiger charge is -2.40. The van der Waals surface area contributed by atoms with Crippen LogP contribution in [0.5, 0.6) is 0 Å². The Morgan fingerprint density at radius 1 is 1.06 bits per heavy atom. The molecule has 9 heteroatoms. The van der Waals surface area contributed by atoms with Crippen molar-refractivity contribution < 1.29 is 17.7 Å². The summed E-state index contributed by atoms with van der Waals surface area (Å²) in [6.07, 6.45) is 1.38. The van der Waals surface area contributed by atoms with Crippen LogP contribution in [0.2, 0.25) is 0 Å².